The molecule has 1 N–H and O–H groups in total. The maximum absolute atomic E-state index is 10.2. The molecule has 1 atom stereocenters. The smallest absolute Gasteiger partial charge is 0.0917 e. The van der Waals surface area contributed by atoms with Crippen molar-refractivity contribution in [2.45, 2.75) is 84.2 Å². The monoisotopic (exact) mass is 284 g/mol. The fourth-order valence-electron chi connectivity index (χ4n) is 2.30. The number of aryl methyl sites for hydroxylation is 1. The maximum atomic E-state index is 10.2. The molecule has 1 unspecified atom stereocenters. The molecule has 0 aliphatic heterocycles. The lowest BCUT2D eigenvalue weighted by molar-refractivity contribution is 0.165. The summed E-state index contributed by atoms with van der Waals surface area (Å²) in [7, 11) is 0. The van der Waals surface area contributed by atoms with E-state index in [0.717, 1.165) is 36.3 Å². The normalized spacial score (nSPS) is 12.8. The predicted molar refractivity (Wildman–Crippen MR) is 81.5 cm³/mol. The van der Waals surface area contributed by atoms with Crippen molar-refractivity contribution in [2.75, 3.05) is 0 Å². The number of aromatic nitrogens is 2. The van der Waals surface area contributed by atoms with Crippen LogP contribution in [0.15, 0.2) is 0 Å². The van der Waals surface area contributed by atoms with Crippen molar-refractivity contribution >= 4 is 11.5 Å². The number of hydrogen-bond acceptors (Lipinski definition) is 4. The molecular formula is C15H28N2OS. The van der Waals surface area contributed by atoms with Crippen LogP contribution in [0.25, 0.3) is 0 Å². The molecule has 1 rings (SSSR count). The molecule has 0 saturated heterocycles. The molecule has 0 fully saturated rings. The van der Waals surface area contributed by atoms with Crippen molar-refractivity contribution in [1.82, 2.24) is 9.59 Å². The van der Waals surface area contributed by atoms with Crippen LogP contribution in [0.4, 0.5) is 0 Å². The predicted octanol–water partition coefficient (Wildman–Crippen LogP) is 4.66. The third kappa shape index (κ3) is 6.48. The first kappa shape index (κ1) is 16.6. The van der Waals surface area contributed by atoms with E-state index in [0.29, 0.717) is 0 Å². The Morgan fingerprint density at radius 3 is 2.37 bits per heavy atom. The van der Waals surface area contributed by atoms with Gasteiger partial charge in [-0.2, -0.15) is 0 Å². The minimum atomic E-state index is -0.350. The van der Waals surface area contributed by atoms with Gasteiger partial charge in [0.15, 0.2) is 0 Å². The highest BCUT2D eigenvalue weighted by Gasteiger charge is 2.15. The second kappa shape index (κ2) is 10.3. The first-order valence-electron chi connectivity index (χ1n) is 7.78. The third-order valence-electron chi connectivity index (χ3n) is 3.46. The van der Waals surface area contributed by atoms with Gasteiger partial charge in [-0.15, -0.1) is 5.10 Å². The highest BCUT2D eigenvalue weighted by molar-refractivity contribution is 7.05. The number of nitrogens with zero attached hydrogens (tertiary/aromatic N) is 2. The van der Waals surface area contributed by atoms with Gasteiger partial charge in [0, 0.05) is 0 Å². The summed E-state index contributed by atoms with van der Waals surface area (Å²) in [5, 5.41) is 14.3. The van der Waals surface area contributed by atoms with Crippen LogP contribution in [-0.4, -0.2) is 14.7 Å². The first-order valence-corrected chi connectivity index (χ1v) is 8.56. The lowest BCUT2D eigenvalue weighted by Crippen LogP contribution is -1.99. The van der Waals surface area contributed by atoms with Crippen molar-refractivity contribution < 1.29 is 5.11 Å². The van der Waals surface area contributed by atoms with E-state index in [9.17, 15) is 5.11 Å². The van der Waals surface area contributed by atoms with Crippen LogP contribution in [0.5, 0.6) is 0 Å². The molecule has 1 heterocycles. The van der Waals surface area contributed by atoms with Gasteiger partial charge in [-0.25, -0.2) is 0 Å². The topological polar surface area (TPSA) is 46.0 Å². The van der Waals surface area contributed by atoms with Crippen molar-refractivity contribution in [3.05, 3.63) is 10.6 Å². The van der Waals surface area contributed by atoms with Crippen molar-refractivity contribution in [3.8, 4) is 0 Å². The van der Waals surface area contributed by atoms with E-state index in [1.807, 2.05) is 0 Å². The van der Waals surface area contributed by atoms with Crippen LogP contribution in [0.3, 0.4) is 0 Å². The van der Waals surface area contributed by atoms with Gasteiger partial charge in [0.1, 0.15) is 0 Å². The van der Waals surface area contributed by atoms with Gasteiger partial charge < -0.3 is 5.11 Å². The molecule has 0 spiro atoms. The van der Waals surface area contributed by atoms with Gasteiger partial charge in [0.05, 0.1) is 16.7 Å². The zero-order chi connectivity index (χ0) is 13.9. The van der Waals surface area contributed by atoms with E-state index < -0.39 is 0 Å². The van der Waals surface area contributed by atoms with Crippen LogP contribution in [0.1, 0.15) is 88.3 Å². The Morgan fingerprint density at radius 2 is 1.68 bits per heavy atom. The zero-order valence-corrected chi connectivity index (χ0v) is 13.2. The molecule has 0 saturated carbocycles. The van der Waals surface area contributed by atoms with Crippen LogP contribution in [0, 0.1) is 0 Å². The summed E-state index contributed by atoms with van der Waals surface area (Å²) in [6.07, 6.45) is 11.5. The highest BCUT2D eigenvalue weighted by Crippen LogP contribution is 2.26. The minimum Gasteiger partial charge on any atom is -0.387 e. The van der Waals surface area contributed by atoms with Gasteiger partial charge in [-0.1, -0.05) is 69.7 Å². The largest absolute Gasteiger partial charge is 0.387 e. The third-order valence-corrected chi connectivity index (χ3v) is 4.32. The van der Waals surface area contributed by atoms with E-state index in [-0.39, 0.29) is 6.10 Å². The number of aliphatic hydroxyl groups excluding tert-OH is 1. The second-order valence-corrected chi connectivity index (χ2v) is 6.05. The molecule has 4 heteroatoms. The van der Waals surface area contributed by atoms with Crippen LogP contribution < -0.4 is 0 Å². The molecule has 0 aromatic carbocycles. The SMILES string of the molecule is CCCCCCCCCC(O)c1snnc1CCC. The Hall–Kier alpha value is -0.480. The summed E-state index contributed by atoms with van der Waals surface area (Å²) in [5.74, 6) is 0. The molecule has 0 amide bonds. The first-order chi connectivity index (χ1) is 9.29. The summed E-state index contributed by atoms with van der Waals surface area (Å²) < 4.78 is 3.97. The van der Waals surface area contributed by atoms with Gasteiger partial charge in [0.25, 0.3) is 0 Å². The van der Waals surface area contributed by atoms with Gasteiger partial charge in [-0.05, 0) is 24.4 Å². The van der Waals surface area contributed by atoms with Crippen molar-refractivity contribution in [1.29, 1.82) is 0 Å². The Labute approximate surface area is 121 Å². The average Bonchev–Trinajstić information content (AvgIpc) is 2.86. The number of rotatable bonds is 11. The summed E-state index contributed by atoms with van der Waals surface area (Å²) >= 11 is 1.36. The summed E-state index contributed by atoms with van der Waals surface area (Å²) in [6.45, 7) is 4.37. The molecule has 0 aliphatic carbocycles. The Bertz CT molecular complexity index is 328. The summed E-state index contributed by atoms with van der Waals surface area (Å²) in [6, 6.07) is 0. The standard InChI is InChI=1S/C15H28N2OS/c1-3-5-6-7-8-9-10-12-14(18)15-13(11-4-2)16-17-19-15/h14,18H,3-12H2,1-2H3. The quantitative estimate of drug-likeness (QED) is 0.601. The molecule has 110 valence electrons. The molecular weight excluding hydrogens is 256 g/mol. The fraction of sp³-hybridized carbons (Fsp3) is 0.867. The Balaban J connectivity index is 2.16. The van der Waals surface area contributed by atoms with E-state index in [4.69, 9.17) is 0 Å². The molecule has 19 heavy (non-hydrogen) atoms. The second-order valence-electron chi connectivity index (χ2n) is 5.26. The minimum absolute atomic E-state index is 0.350. The van der Waals surface area contributed by atoms with Gasteiger partial charge >= 0.3 is 0 Å². The van der Waals surface area contributed by atoms with Crippen LogP contribution in [-0.2, 0) is 6.42 Å². The van der Waals surface area contributed by atoms with Crippen LogP contribution in [0.2, 0.25) is 0 Å². The fourth-order valence-corrected chi connectivity index (χ4v) is 3.02. The average molecular weight is 284 g/mol. The van der Waals surface area contributed by atoms with Crippen molar-refractivity contribution in [3.63, 3.8) is 0 Å². The number of hydrogen-bond donors (Lipinski definition) is 1. The van der Waals surface area contributed by atoms with Crippen LogP contribution >= 0.6 is 11.5 Å². The van der Waals surface area contributed by atoms with E-state index >= 15 is 0 Å². The molecule has 3 nitrogen and oxygen atoms in total. The summed E-state index contributed by atoms with van der Waals surface area (Å²) in [4.78, 5) is 0.993. The van der Waals surface area contributed by atoms with Crippen molar-refractivity contribution in [2.24, 2.45) is 0 Å². The van der Waals surface area contributed by atoms with E-state index in [1.54, 1.807) is 0 Å². The lowest BCUT2D eigenvalue weighted by atomic mass is 10.0. The molecule has 0 radical (unpaired) electrons. The molecule has 0 aliphatic rings. The van der Waals surface area contributed by atoms with Gasteiger partial charge in [-0.3, -0.25) is 0 Å². The lowest BCUT2D eigenvalue weighted by Gasteiger charge is -2.09. The maximum Gasteiger partial charge on any atom is 0.0917 e. The Morgan fingerprint density at radius 1 is 1.00 bits per heavy atom. The van der Waals surface area contributed by atoms with Gasteiger partial charge in [0.2, 0.25) is 0 Å². The number of aliphatic hydroxyl groups is 1. The molecule has 1 aromatic rings. The van der Waals surface area contributed by atoms with E-state index in [2.05, 4.69) is 23.4 Å². The zero-order valence-electron chi connectivity index (χ0n) is 12.4. The molecule has 0 bridgehead atoms. The molecule has 1 aromatic heterocycles. The number of unbranched alkanes of at least 4 members (excludes halogenated alkanes) is 6. The summed E-state index contributed by atoms with van der Waals surface area (Å²) in [5.41, 5.74) is 1.00. The Kier molecular flexibility index (Phi) is 9.01. The van der Waals surface area contributed by atoms with E-state index in [1.165, 1.54) is 50.1 Å². The highest BCUT2D eigenvalue weighted by atomic mass is 32.1.